The van der Waals surface area contributed by atoms with Crippen LogP contribution in [0.2, 0.25) is 0 Å². The van der Waals surface area contributed by atoms with Crippen LogP contribution in [0.3, 0.4) is 0 Å². The highest BCUT2D eigenvalue weighted by Crippen LogP contribution is 2.19. The standard InChI is InChI=1S/C31H41N3O5/c35-28(32-22-13-11-16-27-30(37)39-31(38)34-27)17-10-5-3-1-2-4-6-12-23-33-29(36)26-20-18-25(19-21-26)24-14-8-7-9-15-24/h7-9,14-15,18-21,27H,1-6,10-13,16-17,22-23H2,(H,32,35)(H,33,36)(H,34,38). The van der Waals surface area contributed by atoms with Crippen LogP contribution >= 0.6 is 0 Å². The monoisotopic (exact) mass is 535 g/mol. The number of nitrogens with one attached hydrogen (secondary N) is 3. The SMILES string of the molecule is O=C(CCCCCCCCCCNC(=O)c1ccc(-c2ccccc2)cc1)NCCCCC1NC(=O)OC1=O. The van der Waals surface area contributed by atoms with Crippen molar-refractivity contribution in [1.82, 2.24) is 16.0 Å². The van der Waals surface area contributed by atoms with E-state index in [-0.39, 0.29) is 11.8 Å². The molecule has 1 fully saturated rings. The molecule has 3 rings (SSSR count). The Bertz CT molecular complexity index is 1060. The smallest absolute Gasteiger partial charge is 0.375 e. The Labute approximate surface area is 231 Å². The van der Waals surface area contributed by atoms with Gasteiger partial charge in [0.15, 0.2) is 0 Å². The Morgan fingerprint density at radius 2 is 1.28 bits per heavy atom. The molecule has 2 aromatic carbocycles. The van der Waals surface area contributed by atoms with Crippen molar-refractivity contribution in [2.45, 2.75) is 83.1 Å². The van der Waals surface area contributed by atoms with Crippen molar-refractivity contribution in [1.29, 1.82) is 0 Å². The number of hydrogen-bond acceptors (Lipinski definition) is 5. The van der Waals surface area contributed by atoms with Crippen molar-refractivity contribution in [3.8, 4) is 11.1 Å². The van der Waals surface area contributed by atoms with E-state index in [9.17, 15) is 19.2 Å². The number of benzene rings is 2. The van der Waals surface area contributed by atoms with E-state index in [1.165, 1.54) is 12.8 Å². The lowest BCUT2D eigenvalue weighted by atomic mass is 10.0. The molecular weight excluding hydrogens is 494 g/mol. The maximum atomic E-state index is 12.4. The second kappa shape index (κ2) is 17.0. The molecule has 210 valence electrons. The third-order valence-corrected chi connectivity index (χ3v) is 6.88. The maximum Gasteiger partial charge on any atom is 0.415 e. The van der Waals surface area contributed by atoms with Gasteiger partial charge in [0.2, 0.25) is 5.91 Å². The lowest BCUT2D eigenvalue weighted by molar-refractivity contribution is -0.135. The number of amides is 3. The number of carbonyl (C=O) groups excluding carboxylic acids is 4. The molecule has 0 aliphatic carbocycles. The van der Waals surface area contributed by atoms with Gasteiger partial charge in [0.1, 0.15) is 6.04 Å². The summed E-state index contributed by atoms with van der Waals surface area (Å²) < 4.78 is 4.43. The number of cyclic esters (lactones) is 2. The van der Waals surface area contributed by atoms with Gasteiger partial charge in [-0.2, -0.15) is 0 Å². The lowest BCUT2D eigenvalue weighted by Gasteiger charge is -2.07. The number of rotatable bonds is 18. The summed E-state index contributed by atoms with van der Waals surface area (Å²) in [6.45, 7) is 1.27. The van der Waals surface area contributed by atoms with Gasteiger partial charge in [0.25, 0.3) is 5.91 Å². The molecule has 1 aliphatic rings. The van der Waals surface area contributed by atoms with Gasteiger partial charge in [-0.1, -0.05) is 81.0 Å². The first-order chi connectivity index (χ1) is 19.0. The van der Waals surface area contributed by atoms with Gasteiger partial charge in [-0.3, -0.25) is 9.59 Å². The Morgan fingerprint density at radius 3 is 1.95 bits per heavy atom. The van der Waals surface area contributed by atoms with E-state index in [0.717, 1.165) is 62.5 Å². The number of alkyl carbamates (subject to hydrolysis) is 1. The minimum Gasteiger partial charge on any atom is -0.375 e. The Hall–Kier alpha value is -3.68. The first-order valence-corrected chi connectivity index (χ1v) is 14.3. The van der Waals surface area contributed by atoms with Crippen molar-refractivity contribution in [2.75, 3.05) is 13.1 Å². The molecule has 1 saturated heterocycles. The van der Waals surface area contributed by atoms with Crippen LogP contribution in [-0.2, 0) is 14.3 Å². The summed E-state index contributed by atoms with van der Waals surface area (Å²) in [5.41, 5.74) is 2.93. The quantitative estimate of drug-likeness (QED) is 0.132. The average Bonchev–Trinajstić information content (AvgIpc) is 3.28. The molecule has 8 nitrogen and oxygen atoms in total. The van der Waals surface area contributed by atoms with Gasteiger partial charge in [-0.25, -0.2) is 9.59 Å². The zero-order valence-electron chi connectivity index (χ0n) is 22.7. The predicted octanol–water partition coefficient (Wildman–Crippen LogP) is 5.52. The van der Waals surface area contributed by atoms with Crippen LogP contribution in [0.25, 0.3) is 11.1 Å². The molecular formula is C31H41N3O5. The highest BCUT2D eigenvalue weighted by atomic mass is 16.6. The van der Waals surface area contributed by atoms with E-state index in [1.807, 2.05) is 42.5 Å². The van der Waals surface area contributed by atoms with Crippen LogP contribution in [-0.4, -0.2) is 43.0 Å². The molecule has 0 aromatic heterocycles. The normalized spacial score (nSPS) is 14.5. The maximum absolute atomic E-state index is 12.4. The average molecular weight is 536 g/mol. The number of hydrogen-bond donors (Lipinski definition) is 3. The molecule has 1 atom stereocenters. The van der Waals surface area contributed by atoms with Crippen LogP contribution in [0.4, 0.5) is 4.79 Å². The molecule has 3 amide bonds. The van der Waals surface area contributed by atoms with E-state index >= 15 is 0 Å². The van der Waals surface area contributed by atoms with Gasteiger partial charge in [-0.15, -0.1) is 0 Å². The molecule has 0 radical (unpaired) electrons. The summed E-state index contributed by atoms with van der Waals surface area (Å²) >= 11 is 0. The Balaban J connectivity index is 1.09. The van der Waals surface area contributed by atoms with Crippen molar-refractivity contribution in [3.05, 3.63) is 60.2 Å². The van der Waals surface area contributed by atoms with E-state index < -0.39 is 18.1 Å². The van der Waals surface area contributed by atoms with Gasteiger partial charge < -0.3 is 20.7 Å². The van der Waals surface area contributed by atoms with E-state index in [1.54, 1.807) is 0 Å². The third-order valence-electron chi connectivity index (χ3n) is 6.88. The predicted molar refractivity (Wildman–Crippen MR) is 151 cm³/mol. The summed E-state index contributed by atoms with van der Waals surface area (Å²) in [5, 5.41) is 8.40. The molecule has 8 heteroatoms. The van der Waals surface area contributed by atoms with Crippen LogP contribution in [0.1, 0.15) is 87.4 Å². The number of carbonyl (C=O) groups is 4. The minimum absolute atomic E-state index is 0.0238. The highest BCUT2D eigenvalue weighted by molar-refractivity contribution is 5.95. The van der Waals surface area contributed by atoms with E-state index in [2.05, 4.69) is 32.8 Å². The minimum atomic E-state index is -0.680. The van der Waals surface area contributed by atoms with Gasteiger partial charge in [-0.05, 0) is 55.4 Å². The van der Waals surface area contributed by atoms with Gasteiger partial charge in [0, 0.05) is 25.1 Å². The zero-order valence-corrected chi connectivity index (χ0v) is 22.7. The van der Waals surface area contributed by atoms with Crippen molar-refractivity contribution in [3.63, 3.8) is 0 Å². The summed E-state index contributed by atoms with van der Waals surface area (Å²) in [6, 6.07) is 17.3. The van der Waals surface area contributed by atoms with Crippen molar-refractivity contribution in [2.24, 2.45) is 0 Å². The van der Waals surface area contributed by atoms with E-state index in [4.69, 9.17) is 0 Å². The topological polar surface area (TPSA) is 114 Å². The molecule has 39 heavy (non-hydrogen) atoms. The Morgan fingerprint density at radius 1 is 0.692 bits per heavy atom. The molecule has 0 bridgehead atoms. The van der Waals surface area contributed by atoms with Crippen LogP contribution < -0.4 is 16.0 Å². The molecule has 0 spiro atoms. The Kier molecular flexibility index (Phi) is 13.0. The third kappa shape index (κ3) is 11.3. The second-order valence-corrected chi connectivity index (χ2v) is 10.0. The molecule has 0 saturated carbocycles. The summed E-state index contributed by atoms with van der Waals surface area (Å²) in [6.07, 6.45) is 10.5. The molecule has 1 heterocycles. The molecule has 1 aliphatic heterocycles. The van der Waals surface area contributed by atoms with E-state index in [0.29, 0.717) is 31.5 Å². The van der Waals surface area contributed by atoms with Crippen LogP contribution in [0.15, 0.2) is 54.6 Å². The molecule has 2 aromatic rings. The fourth-order valence-corrected chi connectivity index (χ4v) is 4.59. The summed E-state index contributed by atoms with van der Waals surface area (Å²) in [4.78, 5) is 46.6. The highest BCUT2D eigenvalue weighted by Gasteiger charge is 2.31. The zero-order chi connectivity index (χ0) is 27.7. The number of ether oxygens (including phenoxy) is 1. The lowest BCUT2D eigenvalue weighted by Crippen LogP contribution is -2.29. The van der Waals surface area contributed by atoms with Crippen LogP contribution in [0.5, 0.6) is 0 Å². The first kappa shape index (κ1) is 29.9. The van der Waals surface area contributed by atoms with Crippen LogP contribution in [0, 0.1) is 0 Å². The fraction of sp³-hybridized carbons (Fsp3) is 0.484. The summed E-state index contributed by atoms with van der Waals surface area (Å²) in [5.74, 6) is -0.475. The largest absolute Gasteiger partial charge is 0.415 e. The molecule has 1 unspecified atom stereocenters. The summed E-state index contributed by atoms with van der Waals surface area (Å²) in [7, 11) is 0. The van der Waals surface area contributed by atoms with Crippen molar-refractivity contribution < 1.29 is 23.9 Å². The molecule has 3 N–H and O–H groups in total. The van der Waals surface area contributed by atoms with Gasteiger partial charge >= 0.3 is 12.1 Å². The second-order valence-electron chi connectivity index (χ2n) is 10.0. The van der Waals surface area contributed by atoms with Gasteiger partial charge in [0.05, 0.1) is 0 Å². The van der Waals surface area contributed by atoms with Crippen molar-refractivity contribution >= 4 is 23.9 Å². The number of esters is 1. The first-order valence-electron chi connectivity index (χ1n) is 14.3. The number of unbranched alkanes of at least 4 members (excludes halogenated alkanes) is 8. The fourth-order valence-electron chi connectivity index (χ4n) is 4.59.